The van der Waals surface area contributed by atoms with Crippen LogP contribution in [0.25, 0.3) is 0 Å². The monoisotopic (exact) mass is 374 g/mol. The van der Waals surface area contributed by atoms with Gasteiger partial charge in [0, 0.05) is 27.8 Å². The first-order valence-corrected chi connectivity index (χ1v) is 8.20. The van der Waals surface area contributed by atoms with E-state index >= 15 is 0 Å². The summed E-state index contributed by atoms with van der Waals surface area (Å²) in [4.78, 5) is 24.3. The van der Waals surface area contributed by atoms with Gasteiger partial charge in [-0.1, -0.05) is 35.8 Å². The summed E-state index contributed by atoms with van der Waals surface area (Å²) < 4.78 is 0.915. The summed E-state index contributed by atoms with van der Waals surface area (Å²) in [6, 6.07) is 14.0. The van der Waals surface area contributed by atoms with Gasteiger partial charge >= 0.3 is 0 Å². The Balaban J connectivity index is 2.06. The first kappa shape index (κ1) is 17.2. The van der Waals surface area contributed by atoms with Gasteiger partial charge in [-0.2, -0.15) is 0 Å². The molecule has 120 valence electrons. The summed E-state index contributed by atoms with van der Waals surface area (Å²) in [5.74, 6) is 0.0370. The van der Waals surface area contributed by atoms with Gasteiger partial charge in [-0.25, -0.2) is 0 Å². The number of rotatable bonds is 5. The van der Waals surface area contributed by atoms with Gasteiger partial charge < -0.3 is 10.6 Å². The minimum Gasteiger partial charge on any atom is -0.352 e. The molecule has 0 fully saturated rings. The van der Waals surface area contributed by atoms with Crippen molar-refractivity contribution in [1.82, 2.24) is 5.32 Å². The topological polar surface area (TPSA) is 58.2 Å². The lowest BCUT2D eigenvalue weighted by molar-refractivity contribution is 0.0947. The number of carbonyl (C=O) groups excluding carboxylic acids is 2. The molecular formula is C18H19BrN2O2. The highest BCUT2D eigenvalue weighted by Gasteiger charge is 2.09. The summed E-state index contributed by atoms with van der Waals surface area (Å²) in [6.45, 7) is 4.69. The Labute approximate surface area is 144 Å². The summed E-state index contributed by atoms with van der Waals surface area (Å²) in [7, 11) is 0. The minimum atomic E-state index is -0.211. The maximum Gasteiger partial charge on any atom is 0.255 e. The van der Waals surface area contributed by atoms with Crippen molar-refractivity contribution in [1.29, 1.82) is 0 Å². The van der Waals surface area contributed by atoms with Crippen LogP contribution in [0.5, 0.6) is 0 Å². The molecule has 0 aliphatic heterocycles. The lowest BCUT2D eigenvalue weighted by atomic mass is 10.1. The molecule has 23 heavy (non-hydrogen) atoms. The quantitative estimate of drug-likeness (QED) is 0.827. The average Bonchev–Trinajstić information content (AvgIpc) is 2.53. The van der Waals surface area contributed by atoms with E-state index in [9.17, 15) is 9.59 Å². The number of hydrogen-bond acceptors (Lipinski definition) is 2. The van der Waals surface area contributed by atoms with Gasteiger partial charge in [0.2, 0.25) is 0 Å². The van der Waals surface area contributed by atoms with Crippen LogP contribution in [0.4, 0.5) is 5.69 Å². The van der Waals surface area contributed by atoms with E-state index in [2.05, 4.69) is 26.6 Å². The molecule has 5 heteroatoms. The van der Waals surface area contributed by atoms with Crippen LogP contribution < -0.4 is 10.6 Å². The second-order valence-corrected chi connectivity index (χ2v) is 6.56. The van der Waals surface area contributed by atoms with Crippen molar-refractivity contribution in [2.75, 3.05) is 11.9 Å². The van der Waals surface area contributed by atoms with Crippen LogP contribution in [0.3, 0.4) is 0 Å². The van der Waals surface area contributed by atoms with Crippen LogP contribution >= 0.6 is 15.9 Å². The number of carbonyl (C=O) groups is 2. The van der Waals surface area contributed by atoms with E-state index in [4.69, 9.17) is 0 Å². The van der Waals surface area contributed by atoms with Gasteiger partial charge in [0.05, 0.1) is 0 Å². The van der Waals surface area contributed by atoms with Gasteiger partial charge in [0.15, 0.2) is 0 Å². The Morgan fingerprint density at radius 3 is 2.35 bits per heavy atom. The third-order valence-electron chi connectivity index (χ3n) is 3.16. The third-order valence-corrected chi connectivity index (χ3v) is 3.69. The second-order valence-electron chi connectivity index (χ2n) is 5.65. The highest BCUT2D eigenvalue weighted by Crippen LogP contribution is 2.14. The maximum absolute atomic E-state index is 12.2. The summed E-state index contributed by atoms with van der Waals surface area (Å²) in [5.41, 5.74) is 1.68. The van der Waals surface area contributed by atoms with Crippen molar-refractivity contribution >= 4 is 33.4 Å². The zero-order chi connectivity index (χ0) is 16.8. The molecule has 2 N–H and O–H groups in total. The highest BCUT2D eigenvalue weighted by molar-refractivity contribution is 9.10. The molecule has 0 spiro atoms. The Morgan fingerprint density at radius 1 is 1.00 bits per heavy atom. The fourth-order valence-corrected chi connectivity index (χ4v) is 2.21. The number of benzene rings is 2. The Morgan fingerprint density at radius 2 is 1.70 bits per heavy atom. The molecule has 0 aromatic heterocycles. The van der Waals surface area contributed by atoms with E-state index in [1.54, 1.807) is 36.4 Å². The van der Waals surface area contributed by atoms with Crippen LogP contribution in [0.1, 0.15) is 34.6 Å². The zero-order valence-electron chi connectivity index (χ0n) is 13.1. The molecule has 2 aromatic carbocycles. The second kappa shape index (κ2) is 7.92. The van der Waals surface area contributed by atoms with Gasteiger partial charge in [-0.3, -0.25) is 9.59 Å². The van der Waals surface area contributed by atoms with E-state index in [1.807, 2.05) is 26.0 Å². The number of hydrogen-bond donors (Lipinski definition) is 2. The van der Waals surface area contributed by atoms with E-state index in [1.165, 1.54) is 0 Å². The Bertz CT molecular complexity index is 696. The molecule has 2 amide bonds. The standard InChI is InChI=1S/C18H19BrN2O2/c1-12(2)11-20-17(22)14-4-3-5-16(10-14)21-18(23)13-6-8-15(19)9-7-13/h3-10,12H,11H2,1-2H3,(H,20,22)(H,21,23). The molecular weight excluding hydrogens is 356 g/mol. The van der Waals surface area contributed by atoms with Crippen molar-refractivity contribution in [2.24, 2.45) is 5.92 Å². The average molecular weight is 375 g/mol. The molecule has 0 saturated heterocycles. The SMILES string of the molecule is CC(C)CNC(=O)c1cccc(NC(=O)c2ccc(Br)cc2)c1. The summed E-state index contributed by atoms with van der Waals surface area (Å²) in [6.07, 6.45) is 0. The molecule has 0 bridgehead atoms. The normalized spacial score (nSPS) is 10.4. The van der Waals surface area contributed by atoms with Crippen molar-refractivity contribution in [3.8, 4) is 0 Å². The molecule has 0 aliphatic carbocycles. The Kier molecular flexibility index (Phi) is 5.93. The lowest BCUT2D eigenvalue weighted by Gasteiger charge is -2.10. The third kappa shape index (κ3) is 5.21. The van der Waals surface area contributed by atoms with Gasteiger partial charge in [-0.05, 0) is 48.4 Å². The predicted molar refractivity (Wildman–Crippen MR) is 95.7 cm³/mol. The van der Waals surface area contributed by atoms with Gasteiger partial charge in [-0.15, -0.1) is 0 Å². The molecule has 0 heterocycles. The highest BCUT2D eigenvalue weighted by atomic mass is 79.9. The first-order valence-electron chi connectivity index (χ1n) is 7.41. The molecule has 2 aromatic rings. The van der Waals surface area contributed by atoms with E-state index in [-0.39, 0.29) is 11.8 Å². The van der Waals surface area contributed by atoms with Crippen molar-refractivity contribution in [2.45, 2.75) is 13.8 Å². The van der Waals surface area contributed by atoms with E-state index < -0.39 is 0 Å². The smallest absolute Gasteiger partial charge is 0.255 e. The number of halogens is 1. The van der Waals surface area contributed by atoms with Crippen LogP contribution in [0.15, 0.2) is 53.0 Å². The molecule has 0 atom stereocenters. The molecule has 0 saturated carbocycles. The molecule has 4 nitrogen and oxygen atoms in total. The summed E-state index contributed by atoms with van der Waals surface area (Å²) in [5, 5.41) is 5.66. The van der Waals surface area contributed by atoms with Gasteiger partial charge in [0.1, 0.15) is 0 Å². The predicted octanol–water partition coefficient (Wildman–Crippen LogP) is 4.09. The molecule has 0 aliphatic rings. The van der Waals surface area contributed by atoms with Crippen LogP contribution in [0.2, 0.25) is 0 Å². The summed E-state index contributed by atoms with van der Waals surface area (Å²) >= 11 is 3.34. The maximum atomic E-state index is 12.2. The first-order chi connectivity index (χ1) is 11.0. The van der Waals surface area contributed by atoms with Crippen LogP contribution in [0, 0.1) is 5.92 Å². The molecule has 0 radical (unpaired) electrons. The fourth-order valence-electron chi connectivity index (χ4n) is 1.94. The molecule has 2 rings (SSSR count). The zero-order valence-corrected chi connectivity index (χ0v) is 14.7. The lowest BCUT2D eigenvalue weighted by Crippen LogP contribution is -2.27. The van der Waals surface area contributed by atoms with Crippen molar-refractivity contribution in [3.63, 3.8) is 0 Å². The number of anilines is 1. The number of nitrogens with one attached hydrogen (secondary N) is 2. The van der Waals surface area contributed by atoms with Crippen molar-refractivity contribution in [3.05, 3.63) is 64.1 Å². The van der Waals surface area contributed by atoms with Crippen molar-refractivity contribution < 1.29 is 9.59 Å². The van der Waals surface area contributed by atoms with Crippen LogP contribution in [-0.2, 0) is 0 Å². The fraction of sp³-hybridized carbons (Fsp3) is 0.222. The van der Waals surface area contributed by atoms with E-state index in [0.29, 0.717) is 29.3 Å². The number of amides is 2. The van der Waals surface area contributed by atoms with Gasteiger partial charge in [0.25, 0.3) is 11.8 Å². The molecule has 0 unspecified atom stereocenters. The Hall–Kier alpha value is -2.14. The largest absolute Gasteiger partial charge is 0.352 e. The van der Waals surface area contributed by atoms with Crippen LogP contribution in [-0.4, -0.2) is 18.4 Å². The minimum absolute atomic E-state index is 0.140. The van der Waals surface area contributed by atoms with E-state index in [0.717, 1.165) is 4.47 Å².